The first kappa shape index (κ1) is 16.3. The molecule has 3 rings (SSSR count). The van der Waals surface area contributed by atoms with Crippen molar-refractivity contribution in [3.05, 3.63) is 60.8 Å². The number of aromatic nitrogens is 1. The molecule has 0 aliphatic rings. The summed E-state index contributed by atoms with van der Waals surface area (Å²) < 4.78 is 5.87. The van der Waals surface area contributed by atoms with Gasteiger partial charge in [0.25, 0.3) is 0 Å². The Morgan fingerprint density at radius 3 is 2.79 bits per heavy atom. The molecule has 0 aliphatic carbocycles. The van der Waals surface area contributed by atoms with Crippen molar-refractivity contribution in [2.75, 3.05) is 11.9 Å². The fourth-order valence-corrected chi connectivity index (χ4v) is 2.74. The number of pyridine rings is 1. The van der Waals surface area contributed by atoms with E-state index >= 15 is 0 Å². The number of rotatable bonds is 8. The lowest BCUT2D eigenvalue weighted by Gasteiger charge is -2.11. The third kappa shape index (κ3) is 4.25. The molecule has 0 aliphatic heterocycles. The maximum absolute atomic E-state index is 5.87. The van der Waals surface area contributed by atoms with Gasteiger partial charge in [-0.2, -0.15) is 0 Å². The summed E-state index contributed by atoms with van der Waals surface area (Å²) in [5.74, 6) is 0.912. The highest BCUT2D eigenvalue weighted by Crippen LogP contribution is 2.26. The van der Waals surface area contributed by atoms with Crippen LogP contribution >= 0.6 is 0 Å². The number of hydrogen-bond acceptors (Lipinski definition) is 3. The molecule has 0 bridgehead atoms. The fourth-order valence-electron chi connectivity index (χ4n) is 2.74. The van der Waals surface area contributed by atoms with E-state index in [1.807, 2.05) is 42.6 Å². The highest BCUT2D eigenvalue weighted by atomic mass is 16.5. The van der Waals surface area contributed by atoms with Gasteiger partial charge in [0, 0.05) is 29.0 Å². The van der Waals surface area contributed by atoms with Crippen molar-refractivity contribution in [3.63, 3.8) is 0 Å². The molecule has 1 N–H and O–H groups in total. The first-order valence-corrected chi connectivity index (χ1v) is 8.70. The van der Waals surface area contributed by atoms with Gasteiger partial charge in [-0.15, -0.1) is 0 Å². The fraction of sp³-hybridized carbons (Fsp3) is 0.286. The van der Waals surface area contributed by atoms with E-state index < -0.39 is 0 Å². The SMILES string of the molecule is CCCCCCOc1cccc(Nc2ccnc3ccccc23)c1. The molecule has 124 valence electrons. The first-order valence-electron chi connectivity index (χ1n) is 8.70. The van der Waals surface area contributed by atoms with Gasteiger partial charge in [0.2, 0.25) is 0 Å². The Labute approximate surface area is 143 Å². The molecule has 3 heteroatoms. The summed E-state index contributed by atoms with van der Waals surface area (Å²) in [7, 11) is 0. The quantitative estimate of drug-likeness (QED) is 0.522. The van der Waals surface area contributed by atoms with Crippen LogP contribution in [0, 0.1) is 0 Å². The normalized spacial score (nSPS) is 10.7. The van der Waals surface area contributed by atoms with Gasteiger partial charge in [0.05, 0.1) is 12.1 Å². The minimum Gasteiger partial charge on any atom is -0.494 e. The van der Waals surface area contributed by atoms with Crippen LogP contribution in [0.3, 0.4) is 0 Å². The number of anilines is 2. The summed E-state index contributed by atoms with van der Waals surface area (Å²) >= 11 is 0. The molecular weight excluding hydrogens is 296 g/mol. The molecule has 24 heavy (non-hydrogen) atoms. The van der Waals surface area contributed by atoms with Gasteiger partial charge in [-0.1, -0.05) is 50.5 Å². The van der Waals surface area contributed by atoms with Crippen LogP contribution in [0.2, 0.25) is 0 Å². The van der Waals surface area contributed by atoms with E-state index in [0.717, 1.165) is 41.1 Å². The van der Waals surface area contributed by atoms with Gasteiger partial charge in [0.15, 0.2) is 0 Å². The lowest BCUT2D eigenvalue weighted by molar-refractivity contribution is 0.305. The molecule has 0 amide bonds. The number of unbranched alkanes of at least 4 members (excludes halogenated alkanes) is 3. The zero-order valence-corrected chi connectivity index (χ0v) is 14.2. The van der Waals surface area contributed by atoms with Crippen molar-refractivity contribution in [1.29, 1.82) is 0 Å². The molecule has 0 radical (unpaired) electrons. The first-order chi connectivity index (χ1) is 11.9. The number of hydrogen-bond donors (Lipinski definition) is 1. The monoisotopic (exact) mass is 320 g/mol. The Morgan fingerprint density at radius 1 is 0.958 bits per heavy atom. The van der Waals surface area contributed by atoms with Gasteiger partial charge in [-0.25, -0.2) is 0 Å². The zero-order valence-electron chi connectivity index (χ0n) is 14.2. The molecule has 3 nitrogen and oxygen atoms in total. The minimum atomic E-state index is 0.779. The van der Waals surface area contributed by atoms with E-state index in [0.29, 0.717) is 0 Å². The van der Waals surface area contributed by atoms with Crippen molar-refractivity contribution < 1.29 is 4.74 Å². The summed E-state index contributed by atoms with van der Waals surface area (Å²) in [5, 5.41) is 4.59. The maximum Gasteiger partial charge on any atom is 0.121 e. The molecule has 1 heterocycles. The smallest absolute Gasteiger partial charge is 0.121 e. The Balaban J connectivity index is 1.68. The van der Waals surface area contributed by atoms with E-state index in [4.69, 9.17) is 4.74 Å². The van der Waals surface area contributed by atoms with Crippen LogP contribution in [-0.2, 0) is 0 Å². The second kappa shape index (κ2) is 8.34. The van der Waals surface area contributed by atoms with Crippen LogP contribution in [0.4, 0.5) is 11.4 Å². The van der Waals surface area contributed by atoms with Crippen LogP contribution < -0.4 is 10.1 Å². The van der Waals surface area contributed by atoms with Crippen molar-refractivity contribution in [3.8, 4) is 5.75 Å². The molecular formula is C21H24N2O. The third-order valence-electron chi connectivity index (χ3n) is 4.03. The minimum absolute atomic E-state index is 0.779. The number of para-hydroxylation sites is 1. The molecule has 0 fully saturated rings. The number of benzene rings is 2. The predicted molar refractivity (Wildman–Crippen MR) is 101 cm³/mol. The largest absolute Gasteiger partial charge is 0.494 e. The predicted octanol–water partition coefficient (Wildman–Crippen LogP) is 5.94. The number of fused-ring (bicyclic) bond motifs is 1. The average Bonchev–Trinajstić information content (AvgIpc) is 2.62. The molecule has 0 atom stereocenters. The maximum atomic E-state index is 5.87. The molecule has 0 saturated heterocycles. The lowest BCUT2D eigenvalue weighted by Crippen LogP contribution is -1.98. The Hall–Kier alpha value is -2.55. The van der Waals surface area contributed by atoms with Gasteiger partial charge < -0.3 is 10.1 Å². The Bertz CT molecular complexity index is 780. The van der Waals surface area contributed by atoms with Crippen LogP contribution in [0.25, 0.3) is 10.9 Å². The van der Waals surface area contributed by atoms with E-state index in [1.165, 1.54) is 19.3 Å². The number of nitrogens with zero attached hydrogens (tertiary/aromatic N) is 1. The molecule has 3 aromatic rings. The van der Waals surface area contributed by atoms with Crippen molar-refractivity contribution in [1.82, 2.24) is 4.98 Å². The topological polar surface area (TPSA) is 34.1 Å². The van der Waals surface area contributed by atoms with Gasteiger partial charge in [-0.3, -0.25) is 4.98 Å². The summed E-state index contributed by atoms with van der Waals surface area (Å²) in [6.45, 7) is 3.00. The van der Waals surface area contributed by atoms with Crippen LogP contribution in [-0.4, -0.2) is 11.6 Å². The van der Waals surface area contributed by atoms with Crippen molar-refractivity contribution in [2.24, 2.45) is 0 Å². The summed E-state index contributed by atoms with van der Waals surface area (Å²) in [4.78, 5) is 4.40. The molecule has 0 saturated carbocycles. The Morgan fingerprint density at radius 2 is 1.88 bits per heavy atom. The van der Waals surface area contributed by atoms with E-state index in [9.17, 15) is 0 Å². The van der Waals surface area contributed by atoms with Gasteiger partial charge in [-0.05, 0) is 30.7 Å². The standard InChI is InChI=1S/C21H24N2O/c1-2-3-4-7-15-24-18-10-8-9-17(16-18)23-21-13-14-22-20-12-6-5-11-19(20)21/h5-6,8-14,16H,2-4,7,15H2,1H3,(H,22,23). The van der Waals surface area contributed by atoms with E-state index in [-0.39, 0.29) is 0 Å². The highest BCUT2D eigenvalue weighted by molar-refractivity contribution is 5.92. The zero-order chi connectivity index (χ0) is 16.6. The van der Waals surface area contributed by atoms with Gasteiger partial charge in [0.1, 0.15) is 5.75 Å². The summed E-state index contributed by atoms with van der Waals surface area (Å²) in [5.41, 5.74) is 3.07. The van der Waals surface area contributed by atoms with Crippen LogP contribution in [0.15, 0.2) is 60.8 Å². The number of ether oxygens (including phenoxy) is 1. The van der Waals surface area contributed by atoms with E-state index in [2.05, 4.69) is 35.4 Å². The van der Waals surface area contributed by atoms with Crippen molar-refractivity contribution >= 4 is 22.3 Å². The highest BCUT2D eigenvalue weighted by Gasteiger charge is 2.03. The lowest BCUT2D eigenvalue weighted by atomic mass is 10.2. The third-order valence-corrected chi connectivity index (χ3v) is 4.03. The van der Waals surface area contributed by atoms with E-state index in [1.54, 1.807) is 0 Å². The van der Waals surface area contributed by atoms with Gasteiger partial charge >= 0.3 is 0 Å². The Kier molecular flexibility index (Phi) is 5.67. The number of nitrogens with one attached hydrogen (secondary N) is 1. The van der Waals surface area contributed by atoms with Crippen LogP contribution in [0.1, 0.15) is 32.6 Å². The molecule has 1 aromatic heterocycles. The average molecular weight is 320 g/mol. The molecule has 2 aromatic carbocycles. The molecule has 0 unspecified atom stereocenters. The summed E-state index contributed by atoms with van der Waals surface area (Å²) in [6.07, 6.45) is 6.70. The second-order valence-corrected chi connectivity index (χ2v) is 5.94. The molecule has 0 spiro atoms. The van der Waals surface area contributed by atoms with Crippen LogP contribution in [0.5, 0.6) is 5.75 Å². The van der Waals surface area contributed by atoms with Crippen molar-refractivity contribution in [2.45, 2.75) is 32.6 Å². The summed E-state index contributed by atoms with van der Waals surface area (Å²) in [6, 6.07) is 18.3. The second-order valence-electron chi connectivity index (χ2n) is 5.94.